The molecule has 0 aliphatic heterocycles. The second-order valence-corrected chi connectivity index (χ2v) is 5.50. The summed E-state index contributed by atoms with van der Waals surface area (Å²) in [7, 11) is 0. The van der Waals surface area contributed by atoms with Crippen LogP contribution >= 0.6 is 0 Å². The highest BCUT2D eigenvalue weighted by molar-refractivity contribution is 5.19. The molecule has 0 saturated heterocycles. The SMILES string of the molecule is CCCCCCCCCC(O)Cc1cc(F)ccc1F. The zero-order valence-electron chi connectivity index (χ0n) is 12.4. The maximum Gasteiger partial charge on any atom is 0.126 e. The van der Waals surface area contributed by atoms with Gasteiger partial charge in [-0.2, -0.15) is 0 Å². The molecule has 0 aromatic heterocycles. The first-order chi connectivity index (χ1) is 9.63. The quantitative estimate of drug-likeness (QED) is 0.599. The van der Waals surface area contributed by atoms with Gasteiger partial charge in [0.05, 0.1) is 6.10 Å². The summed E-state index contributed by atoms with van der Waals surface area (Å²) in [6.07, 6.45) is 8.60. The molecule has 1 rings (SSSR count). The molecule has 20 heavy (non-hydrogen) atoms. The standard InChI is InChI=1S/C17H26F2O/c1-2-3-4-5-6-7-8-9-16(20)13-14-12-15(18)10-11-17(14)19/h10-12,16,20H,2-9,13H2,1H3. The van der Waals surface area contributed by atoms with E-state index in [9.17, 15) is 13.9 Å². The maximum atomic E-state index is 13.4. The molecule has 0 spiro atoms. The van der Waals surface area contributed by atoms with Crippen molar-refractivity contribution in [2.75, 3.05) is 0 Å². The first kappa shape index (κ1) is 17.1. The summed E-state index contributed by atoms with van der Waals surface area (Å²) < 4.78 is 26.4. The minimum absolute atomic E-state index is 0.194. The average molecular weight is 284 g/mol. The van der Waals surface area contributed by atoms with Gasteiger partial charge in [0.2, 0.25) is 0 Å². The smallest absolute Gasteiger partial charge is 0.126 e. The Labute approximate surface area is 121 Å². The van der Waals surface area contributed by atoms with Crippen LogP contribution in [0.1, 0.15) is 63.9 Å². The lowest BCUT2D eigenvalue weighted by molar-refractivity contribution is 0.159. The van der Waals surface area contributed by atoms with Crippen molar-refractivity contribution in [1.29, 1.82) is 0 Å². The van der Waals surface area contributed by atoms with E-state index >= 15 is 0 Å². The largest absolute Gasteiger partial charge is 0.393 e. The van der Waals surface area contributed by atoms with Crippen LogP contribution in [0.3, 0.4) is 0 Å². The van der Waals surface area contributed by atoms with Crippen molar-refractivity contribution in [2.45, 2.75) is 70.8 Å². The molecule has 0 heterocycles. The van der Waals surface area contributed by atoms with Crippen molar-refractivity contribution >= 4 is 0 Å². The molecule has 1 nitrogen and oxygen atoms in total. The Hall–Kier alpha value is -0.960. The highest BCUT2D eigenvalue weighted by Crippen LogP contribution is 2.15. The Kier molecular flexibility index (Phi) is 8.43. The van der Waals surface area contributed by atoms with Crippen molar-refractivity contribution in [2.24, 2.45) is 0 Å². The fraction of sp³-hybridized carbons (Fsp3) is 0.647. The fourth-order valence-corrected chi connectivity index (χ4v) is 2.39. The fourth-order valence-electron chi connectivity index (χ4n) is 2.39. The Balaban J connectivity index is 2.17. The lowest BCUT2D eigenvalue weighted by Gasteiger charge is -2.11. The van der Waals surface area contributed by atoms with Crippen molar-refractivity contribution in [1.82, 2.24) is 0 Å². The van der Waals surface area contributed by atoms with Gasteiger partial charge in [0.15, 0.2) is 0 Å². The van der Waals surface area contributed by atoms with Gasteiger partial charge in [-0.15, -0.1) is 0 Å². The second kappa shape index (κ2) is 9.87. The summed E-state index contributed by atoms with van der Waals surface area (Å²) in [5, 5.41) is 9.87. The van der Waals surface area contributed by atoms with E-state index in [0.29, 0.717) is 6.42 Å². The van der Waals surface area contributed by atoms with Gasteiger partial charge in [0, 0.05) is 6.42 Å². The minimum Gasteiger partial charge on any atom is -0.393 e. The van der Waals surface area contributed by atoms with E-state index in [1.807, 2.05) is 0 Å². The second-order valence-electron chi connectivity index (χ2n) is 5.50. The number of aliphatic hydroxyl groups is 1. The molecule has 0 saturated carbocycles. The zero-order chi connectivity index (χ0) is 14.8. The van der Waals surface area contributed by atoms with Crippen LogP contribution in [0.25, 0.3) is 0 Å². The Morgan fingerprint density at radius 2 is 1.65 bits per heavy atom. The van der Waals surface area contributed by atoms with Gasteiger partial charge >= 0.3 is 0 Å². The molecule has 0 fully saturated rings. The molecule has 0 bridgehead atoms. The third-order valence-corrected chi connectivity index (χ3v) is 3.60. The summed E-state index contributed by atoms with van der Waals surface area (Å²) >= 11 is 0. The van der Waals surface area contributed by atoms with Gasteiger partial charge in [-0.3, -0.25) is 0 Å². The van der Waals surface area contributed by atoms with Crippen LogP contribution in [0.4, 0.5) is 8.78 Å². The van der Waals surface area contributed by atoms with Crippen LogP contribution in [0.15, 0.2) is 18.2 Å². The first-order valence-electron chi connectivity index (χ1n) is 7.75. The van der Waals surface area contributed by atoms with E-state index in [1.54, 1.807) is 0 Å². The van der Waals surface area contributed by atoms with Gasteiger partial charge in [-0.05, 0) is 30.2 Å². The number of halogens is 2. The molecule has 0 aliphatic carbocycles. The molecule has 1 unspecified atom stereocenters. The third-order valence-electron chi connectivity index (χ3n) is 3.60. The molecule has 1 atom stereocenters. The van der Waals surface area contributed by atoms with Crippen LogP contribution in [-0.4, -0.2) is 11.2 Å². The molecular formula is C17H26F2O. The predicted molar refractivity (Wildman–Crippen MR) is 78.7 cm³/mol. The van der Waals surface area contributed by atoms with E-state index in [-0.39, 0.29) is 12.0 Å². The number of rotatable bonds is 10. The summed E-state index contributed by atoms with van der Waals surface area (Å²) in [5.74, 6) is -0.894. The number of hydrogen-bond acceptors (Lipinski definition) is 1. The molecule has 0 aliphatic rings. The third kappa shape index (κ3) is 6.99. The molecule has 0 amide bonds. The number of aliphatic hydroxyl groups excluding tert-OH is 1. The zero-order valence-corrected chi connectivity index (χ0v) is 12.4. The predicted octanol–water partition coefficient (Wildman–Crippen LogP) is 5.01. The van der Waals surface area contributed by atoms with Gasteiger partial charge in [0.1, 0.15) is 11.6 Å². The molecule has 1 N–H and O–H groups in total. The highest BCUT2D eigenvalue weighted by Gasteiger charge is 2.10. The van der Waals surface area contributed by atoms with Gasteiger partial charge < -0.3 is 5.11 Å². The molecule has 114 valence electrons. The molecule has 1 aromatic carbocycles. The lowest BCUT2D eigenvalue weighted by Crippen LogP contribution is -2.11. The first-order valence-corrected chi connectivity index (χ1v) is 7.75. The topological polar surface area (TPSA) is 20.2 Å². The van der Waals surface area contributed by atoms with Crippen LogP contribution in [-0.2, 0) is 6.42 Å². The minimum atomic E-state index is -0.582. The Bertz CT molecular complexity index is 379. The lowest BCUT2D eigenvalue weighted by atomic mass is 10.0. The van der Waals surface area contributed by atoms with Crippen molar-refractivity contribution in [3.8, 4) is 0 Å². The monoisotopic (exact) mass is 284 g/mol. The number of unbranched alkanes of at least 4 members (excludes halogenated alkanes) is 6. The molecule has 3 heteroatoms. The van der Waals surface area contributed by atoms with E-state index in [1.165, 1.54) is 38.2 Å². The van der Waals surface area contributed by atoms with Crippen molar-refractivity contribution < 1.29 is 13.9 Å². The van der Waals surface area contributed by atoms with Crippen LogP contribution < -0.4 is 0 Å². The van der Waals surface area contributed by atoms with Crippen molar-refractivity contribution in [3.05, 3.63) is 35.4 Å². The summed E-state index contributed by atoms with van der Waals surface area (Å²) in [5.41, 5.74) is 0.264. The summed E-state index contributed by atoms with van der Waals surface area (Å²) in [4.78, 5) is 0. The van der Waals surface area contributed by atoms with E-state index in [0.717, 1.165) is 25.0 Å². The van der Waals surface area contributed by atoms with E-state index in [4.69, 9.17) is 0 Å². The van der Waals surface area contributed by atoms with Crippen LogP contribution in [0.5, 0.6) is 0 Å². The Morgan fingerprint density at radius 1 is 1.00 bits per heavy atom. The van der Waals surface area contributed by atoms with Crippen molar-refractivity contribution in [3.63, 3.8) is 0 Å². The number of hydrogen-bond donors (Lipinski definition) is 1. The maximum absolute atomic E-state index is 13.4. The van der Waals surface area contributed by atoms with Gasteiger partial charge in [0.25, 0.3) is 0 Å². The van der Waals surface area contributed by atoms with Gasteiger partial charge in [-0.25, -0.2) is 8.78 Å². The van der Waals surface area contributed by atoms with E-state index < -0.39 is 17.7 Å². The molecule has 1 aromatic rings. The number of benzene rings is 1. The summed E-state index contributed by atoms with van der Waals surface area (Å²) in [6.45, 7) is 2.20. The normalized spacial score (nSPS) is 12.6. The average Bonchev–Trinajstić information content (AvgIpc) is 2.42. The van der Waals surface area contributed by atoms with Gasteiger partial charge in [-0.1, -0.05) is 51.9 Å². The summed E-state index contributed by atoms with van der Waals surface area (Å²) in [6, 6.07) is 3.38. The highest BCUT2D eigenvalue weighted by atomic mass is 19.1. The molecule has 0 radical (unpaired) electrons. The Morgan fingerprint density at radius 3 is 2.35 bits per heavy atom. The van der Waals surface area contributed by atoms with Crippen LogP contribution in [0, 0.1) is 11.6 Å². The van der Waals surface area contributed by atoms with Crippen LogP contribution in [0.2, 0.25) is 0 Å². The molecular weight excluding hydrogens is 258 g/mol. The van der Waals surface area contributed by atoms with E-state index in [2.05, 4.69) is 6.92 Å².